The smallest absolute Gasteiger partial charge is 0.234 e. The lowest BCUT2D eigenvalue weighted by molar-refractivity contribution is -0.143. The number of fused-ring (bicyclic) bond motifs is 1. The fraction of sp³-hybridized carbons (Fsp3) is 0.579. The van der Waals surface area contributed by atoms with Gasteiger partial charge in [-0.3, -0.25) is 9.69 Å². The monoisotopic (exact) mass is 326 g/mol. The molecule has 4 bridgehead atoms. The van der Waals surface area contributed by atoms with Gasteiger partial charge in [0.05, 0.1) is 15.6 Å². The van der Waals surface area contributed by atoms with Crippen LogP contribution in [0.5, 0.6) is 0 Å². The number of benzene rings is 1. The lowest BCUT2D eigenvalue weighted by Crippen LogP contribution is -2.54. The average Bonchev–Trinajstić information content (AvgIpc) is 2.96. The molecule has 0 N–H and O–H groups in total. The second-order valence-electron chi connectivity index (χ2n) is 8.03. The van der Waals surface area contributed by atoms with Gasteiger partial charge in [-0.1, -0.05) is 23.5 Å². The molecule has 0 atom stereocenters. The highest BCUT2D eigenvalue weighted by Gasteiger charge is 2.55. The number of hydrogen-bond acceptors (Lipinski definition) is 3. The summed E-state index contributed by atoms with van der Waals surface area (Å²) in [6, 6.07) is 8.15. The average molecular weight is 326 g/mol. The number of carbonyl (C=O) groups excluding carboxylic acids is 1. The molecule has 4 aliphatic rings. The predicted molar refractivity (Wildman–Crippen MR) is 93.6 cm³/mol. The first-order chi connectivity index (χ1) is 11.1. The molecule has 4 saturated carbocycles. The summed E-state index contributed by atoms with van der Waals surface area (Å²) in [6.07, 6.45) is 7.47. The van der Waals surface area contributed by atoms with E-state index in [0.29, 0.717) is 5.91 Å². The zero-order valence-corrected chi connectivity index (χ0v) is 14.3. The summed E-state index contributed by atoms with van der Waals surface area (Å²) in [5.74, 6) is 2.73. The molecule has 1 aromatic carbocycles. The molecule has 23 heavy (non-hydrogen) atoms. The second-order valence-corrected chi connectivity index (χ2v) is 9.04. The molecular formula is C19H22N2OS. The van der Waals surface area contributed by atoms with Crippen molar-refractivity contribution in [2.75, 3.05) is 11.9 Å². The van der Waals surface area contributed by atoms with Gasteiger partial charge < -0.3 is 0 Å². The number of nitrogens with zero attached hydrogens (tertiary/aromatic N) is 2. The molecule has 2 aromatic rings. The van der Waals surface area contributed by atoms with E-state index in [-0.39, 0.29) is 5.41 Å². The first-order valence-corrected chi connectivity index (χ1v) is 9.58. The fourth-order valence-electron chi connectivity index (χ4n) is 5.82. The SMILES string of the molecule is CN(C(=O)C12CC3CC(CC(C3)C1)C2)c1nc2ccccc2s1. The van der Waals surface area contributed by atoms with Crippen LogP contribution in [0, 0.1) is 23.2 Å². The molecule has 1 heterocycles. The van der Waals surface area contributed by atoms with Crippen LogP contribution in [-0.2, 0) is 4.79 Å². The van der Waals surface area contributed by atoms with Gasteiger partial charge in [-0.2, -0.15) is 0 Å². The second kappa shape index (κ2) is 4.79. The van der Waals surface area contributed by atoms with Crippen molar-refractivity contribution < 1.29 is 4.79 Å². The Morgan fingerprint density at radius 2 is 1.74 bits per heavy atom. The van der Waals surface area contributed by atoms with E-state index >= 15 is 0 Å². The predicted octanol–water partition coefficient (Wildman–Crippen LogP) is 4.48. The number of amides is 1. The van der Waals surface area contributed by atoms with Crippen molar-refractivity contribution >= 4 is 32.6 Å². The Morgan fingerprint density at radius 3 is 2.35 bits per heavy atom. The van der Waals surface area contributed by atoms with Gasteiger partial charge in [-0.15, -0.1) is 0 Å². The van der Waals surface area contributed by atoms with Crippen LogP contribution in [0.15, 0.2) is 24.3 Å². The highest BCUT2D eigenvalue weighted by Crippen LogP contribution is 2.60. The van der Waals surface area contributed by atoms with E-state index in [1.165, 1.54) is 19.3 Å². The van der Waals surface area contributed by atoms with Crippen molar-refractivity contribution in [2.45, 2.75) is 38.5 Å². The molecule has 4 heteroatoms. The molecule has 4 aliphatic carbocycles. The van der Waals surface area contributed by atoms with Crippen molar-refractivity contribution in [3.8, 4) is 0 Å². The molecule has 0 saturated heterocycles. The summed E-state index contributed by atoms with van der Waals surface area (Å²) in [4.78, 5) is 19.9. The van der Waals surface area contributed by atoms with E-state index in [1.807, 2.05) is 30.1 Å². The molecular weight excluding hydrogens is 304 g/mol. The topological polar surface area (TPSA) is 33.2 Å². The third-order valence-corrected chi connectivity index (χ3v) is 7.48. The van der Waals surface area contributed by atoms with Gasteiger partial charge in [0.25, 0.3) is 0 Å². The summed E-state index contributed by atoms with van der Waals surface area (Å²) in [7, 11) is 1.93. The summed E-state index contributed by atoms with van der Waals surface area (Å²) in [6.45, 7) is 0. The number of hydrogen-bond donors (Lipinski definition) is 0. The molecule has 0 radical (unpaired) electrons. The Hall–Kier alpha value is -1.42. The summed E-state index contributed by atoms with van der Waals surface area (Å²) in [5, 5.41) is 0.854. The number of rotatable bonds is 2. The van der Waals surface area contributed by atoms with Gasteiger partial charge in [-0.25, -0.2) is 4.98 Å². The zero-order chi connectivity index (χ0) is 15.6. The first-order valence-electron chi connectivity index (χ1n) is 8.77. The standard InChI is InChI=1S/C19H22N2OS/c1-21(18-20-15-4-2-3-5-16(15)23-18)17(22)19-9-12-6-13(10-19)8-14(7-12)11-19/h2-5,12-14H,6-11H2,1H3. The maximum Gasteiger partial charge on any atom is 0.234 e. The Kier molecular flexibility index (Phi) is 2.91. The molecule has 3 nitrogen and oxygen atoms in total. The minimum Gasteiger partial charge on any atom is -0.291 e. The molecule has 0 aliphatic heterocycles. The number of para-hydroxylation sites is 1. The van der Waals surface area contributed by atoms with Crippen molar-refractivity contribution in [3.05, 3.63) is 24.3 Å². The highest BCUT2D eigenvalue weighted by atomic mass is 32.1. The Bertz CT molecular complexity index is 712. The van der Waals surface area contributed by atoms with E-state index in [2.05, 4.69) is 11.1 Å². The third kappa shape index (κ3) is 2.07. The van der Waals surface area contributed by atoms with Crippen molar-refractivity contribution in [3.63, 3.8) is 0 Å². The minimum absolute atomic E-state index is 0.0820. The molecule has 1 amide bonds. The Morgan fingerprint density at radius 1 is 1.13 bits per heavy atom. The van der Waals surface area contributed by atoms with E-state index < -0.39 is 0 Å². The molecule has 120 valence electrons. The fourth-order valence-corrected chi connectivity index (χ4v) is 6.74. The van der Waals surface area contributed by atoms with E-state index in [1.54, 1.807) is 11.3 Å². The van der Waals surface area contributed by atoms with Gasteiger partial charge in [0.15, 0.2) is 5.13 Å². The van der Waals surface area contributed by atoms with Crippen LogP contribution in [0.4, 0.5) is 5.13 Å². The molecule has 4 fully saturated rings. The normalized spacial score (nSPS) is 34.9. The molecule has 0 spiro atoms. The van der Waals surface area contributed by atoms with Crippen LogP contribution in [0.25, 0.3) is 10.2 Å². The van der Waals surface area contributed by atoms with Gasteiger partial charge in [-0.05, 0) is 68.4 Å². The highest BCUT2D eigenvalue weighted by molar-refractivity contribution is 7.22. The Labute approximate surface area is 140 Å². The molecule has 0 unspecified atom stereocenters. The van der Waals surface area contributed by atoms with Crippen molar-refractivity contribution in [1.29, 1.82) is 0 Å². The van der Waals surface area contributed by atoms with Crippen LogP contribution >= 0.6 is 11.3 Å². The summed E-state index contributed by atoms with van der Waals surface area (Å²) in [5.41, 5.74) is 0.916. The van der Waals surface area contributed by atoms with E-state index in [0.717, 1.165) is 52.4 Å². The molecule has 6 rings (SSSR count). The minimum atomic E-state index is -0.0820. The molecule has 1 aromatic heterocycles. The van der Waals surface area contributed by atoms with Crippen LogP contribution < -0.4 is 4.90 Å². The van der Waals surface area contributed by atoms with E-state index in [9.17, 15) is 4.79 Å². The summed E-state index contributed by atoms with van der Waals surface area (Å²) >= 11 is 1.63. The van der Waals surface area contributed by atoms with E-state index in [4.69, 9.17) is 0 Å². The lowest BCUT2D eigenvalue weighted by atomic mass is 9.49. The Balaban J connectivity index is 1.47. The third-order valence-electron chi connectivity index (χ3n) is 6.37. The maximum absolute atomic E-state index is 13.4. The number of anilines is 1. The largest absolute Gasteiger partial charge is 0.291 e. The van der Waals surface area contributed by atoms with Gasteiger partial charge in [0.2, 0.25) is 5.91 Å². The lowest BCUT2D eigenvalue weighted by Gasteiger charge is -2.56. The van der Waals surface area contributed by atoms with Crippen molar-refractivity contribution in [2.24, 2.45) is 23.2 Å². The van der Waals surface area contributed by atoms with Crippen LogP contribution in [0.3, 0.4) is 0 Å². The quantitative estimate of drug-likeness (QED) is 0.815. The van der Waals surface area contributed by atoms with Gasteiger partial charge in [0.1, 0.15) is 0 Å². The van der Waals surface area contributed by atoms with Crippen LogP contribution in [0.2, 0.25) is 0 Å². The first kappa shape index (κ1) is 14.0. The summed E-state index contributed by atoms with van der Waals surface area (Å²) < 4.78 is 1.16. The number of aromatic nitrogens is 1. The van der Waals surface area contributed by atoms with Gasteiger partial charge in [0, 0.05) is 7.05 Å². The maximum atomic E-state index is 13.4. The van der Waals surface area contributed by atoms with Crippen LogP contribution in [-0.4, -0.2) is 17.9 Å². The number of carbonyl (C=O) groups is 1. The van der Waals surface area contributed by atoms with Gasteiger partial charge >= 0.3 is 0 Å². The van der Waals surface area contributed by atoms with Crippen molar-refractivity contribution in [1.82, 2.24) is 4.98 Å². The zero-order valence-electron chi connectivity index (χ0n) is 13.5. The van der Waals surface area contributed by atoms with Crippen LogP contribution in [0.1, 0.15) is 38.5 Å². The number of thiazole rings is 1.